The highest BCUT2D eigenvalue weighted by Crippen LogP contribution is 2.38. The second-order valence-corrected chi connectivity index (χ2v) is 10.9. The van der Waals surface area contributed by atoms with E-state index >= 15 is 0 Å². The highest BCUT2D eigenvalue weighted by molar-refractivity contribution is 9.10. The van der Waals surface area contributed by atoms with Gasteiger partial charge in [-0.1, -0.05) is 28.1 Å². The number of morpholine rings is 1. The number of nitrogens with zero attached hydrogens (tertiary/aromatic N) is 2. The van der Waals surface area contributed by atoms with Crippen LogP contribution in [0.4, 0.5) is 0 Å². The molecule has 40 heavy (non-hydrogen) atoms. The summed E-state index contributed by atoms with van der Waals surface area (Å²) in [6, 6.07) is 11.3. The number of carboxylic acid groups (broad SMARTS) is 4. The van der Waals surface area contributed by atoms with E-state index in [1.807, 2.05) is 11.3 Å². The zero-order valence-electron chi connectivity index (χ0n) is 21.7. The summed E-state index contributed by atoms with van der Waals surface area (Å²) < 4.78 is 6.62. The molecule has 0 aliphatic carbocycles. The Labute approximate surface area is 243 Å². The fraction of sp³-hybridized carbons (Fsp3) is 0.333. The third-order valence-electron chi connectivity index (χ3n) is 5.67. The standard InChI is InChI=1S/C19H23BrN2OS.2C4H4O4/c1-21-12-18(14-2-4-15(20)5-3-14)17-10-16(24-19(17)13-21)11-22-6-8-23-9-7-22;2*5-3(6)1-2-4(7)8/h2-5,10,18H,6-9,11-13H2,1H3;2*1-2H,(H,5,6)(H,7,8)/b;2*2-1+. The number of thiophene rings is 1. The lowest BCUT2D eigenvalue weighted by molar-refractivity contribution is -0.134. The zero-order chi connectivity index (χ0) is 29.7. The van der Waals surface area contributed by atoms with Crippen molar-refractivity contribution in [2.45, 2.75) is 19.0 Å². The summed E-state index contributed by atoms with van der Waals surface area (Å²) in [6.07, 6.45) is 2.23. The van der Waals surface area contributed by atoms with E-state index in [1.165, 1.54) is 10.4 Å². The number of rotatable bonds is 7. The van der Waals surface area contributed by atoms with Crippen LogP contribution in [0.25, 0.3) is 0 Å². The summed E-state index contributed by atoms with van der Waals surface area (Å²) >= 11 is 5.55. The van der Waals surface area contributed by atoms with E-state index in [0.29, 0.717) is 30.2 Å². The number of likely N-dealkylation sites (N-methyl/N-ethyl adjacent to an activating group) is 1. The first-order valence-corrected chi connectivity index (χ1v) is 13.7. The Kier molecular flexibility index (Phi) is 13.7. The number of benzene rings is 1. The van der Waals surface area contributed by atoms with E-state index in [9.17, 15) is 19.2 Å². The van der Waals surface area contributed by atoms with E-state index < -0.39 is 23.9 Å². The summed E-state index contributed by atoms with van der Waals surface area (Å²) in [4.78, 5) is 46.2. The van der Waals surface area contributed by atoms with E-state index in [4.69, 9.17) is 25.2 Å². The summed E-state index contributed by atoms with van der Waals surface area (Å²) in [6.45, 7) is 7.10. The summed E-state index contributed by atoms with van der Waals surface area (Å²) in [5, 5.41) is 31.2. The van der Waals surface area contributed by atoms with Crippen molar-refractivity contribution in [3.05, 3.63) is 80.0 Å². The molecule has 1 aromatic heterocycles. The predicted molar refractivity (Wildman–Crippen MR) is 152 cm³/mol. The van der Waals surface area contributed by atoms with Crippen molar-refractivity contribution in [1.82, 2.24) is 9.80 Å². The summed E-state index contributed by atoms with van der Waals surface area (Å²) in [5.74, 6) is -4.54. The number of ether oxygens (including phenoxy) is 1. The molecule has 1 unspecified atom stereocenters. The van der Waals surface area contributed by atoms with Crippen LogP contribution in [0.2, 0.25) is 0 Å². The zero-order valence-corrected chi connectivity index (χ0v) is 24.1. The normalized spacial score (nSPS) is 17.3. The molecule has 1 fully saturated rings. The molecule has 0 radical (unpaired) electrons. The van der Waals surface area contributed by atoms with Gasteiger partial charge in [0, 0.05) is 77.2 Å². The van der Waals surface area contributed by atoms with Crippen LogP contribution in [0, 0.1) is 0 Å². The average Bonchev–Trinajstić information content (AvgIpc) is 3.29. The Morgan fingerprint density at radius 2 is 1.43 bits per heavy atom. The molecule has 2 aliphatic heterocycles. The second-order valence-electron chi connectivity index (χ2n) is 8.80. The molecule has 1 saturated heterocycles. The number of carboxylic acids is 4. The Balaban J connectivity index is 0.000000290. The fourth-order valence-corrected chi connectivity index (χ4v) is 5.58. The summed E-state index contributed by atoms with van der Waals surface area (Å²) in [5.41, 5.74) is 2.96. The van der Waals surface area contributed by atoms with Crippen LogP contribution in [0.5, 0.6) is 0 Å². The molecule has 4 rings (SSSR count). The van der Waals surface area contributed by atoms with Gasteiger partial charge in [0.1, 0.15) is 0 Å². The van der Waals surface area contributed by atoms with Gasteiger partial charge < -0.3 is 30.1 Å². The smallest absolute Gasteiger partial charge is 0.328 e. The maximum absolute atomic E-state index is 9.55. The SMILES string of the molecule is CN1Cc2sc(CN3CCOCC3)cc2C(c2ccc(Br)cc2)C1.O=C(O)/C=C/C(=O)O.O=C(O)/C=C/C(=O)O. The first kappa shape index (κ1) is 32.8. The number of carbonyl (C=O) groups is 4. The van der Waals surface area contributed by atoms with E-state index in [0.717, 1.165) is 50.4 Å². The van der Waals surface area contributed by atoms with Crippen molar-refractivity contribution in [3.8, 4) is 0 Å². The van der Waals surface area contributed by atoms with Crippen LogP contribution >= 0.6 is 27.3 Å². The molecular formula is C27H31BrN2O9S. The minimum absolute atomic E-state index is 0.488. The molecule has 4 N–H and O–H groups in total. The number of halogens is 1. The number of fused-ring (bicyclic) bond motifs is 1. The lowest BCUT2D eigenvalue weighted by atomic mass is 9.88. The maximum Gasteiger partial charge on any atom is 0.328 e. The van der Waals surface area contributed by atoms with Crippen molar-refractivity contribution in [2.75, 3.05) is 39.9 Å². The molecule has 0 spiro atoms. The molecule has 3 heterocycles. The van der Waals surface area contributed by atoms with Crippen molar-refractivity contribution in [2.24, 2.45) is 0 Å². The van der Waals surface area contributed by atoms with Crippen molar-refractivity contribution in [1.29, 1.82) is 0 Å². The topological polar surface area (TPSA) is 165 Å². The minimum atomic E-state index is -1.26. The first-order chi connectivity index (χ1) is 18.9. The van der Waals surface area contributed by atoms with Gasteiger partial charge >= 0.3 is 23.9 Å². The molecular weight excluding hydrogens is 608 g/mol. The molecule has 2 aromatic rings. The van der Waals surface area contributed by atoms with Crippen LogP contribution < -0.4 is 0 Å². The van der Waals surface area contributed by atoms with Crippen molar-refractivity contribution in [3.63, 3.8) is 0 Å². The highest BCUT2D eigenvalue weighted by atomic mass is 79.9. The van der Waals surface area contributed by atoms with Gasteiger partial charge in [-0.2, -0.15) is 0 Å². The predicted octanol–water partition coefficient (Wildman–Crippen LogP) is 3.34. The molecule has 11 nitrogen and oxygen atoms in total. The Morgan fingerprint density at radius 1 is 0.925 bits per heavy atom. The van der Waals surface area contributed by atoms with Gasteiger partial charge in [-0.15, -0.1) is 11.3 Å². The van der Waals surface area contributed by atoms with E-state index in [-0.39, 0.29) is 0 Å². The van der Waals surface area contributed by atoms with E-state index in [2.05, 4.69) is 63.1 Å². The average molecular weight is 640 g/mol. The largest absolute Gasteiger partial charge is 0.478 e. The highest BCUT2D eigenvalue weighted by Gasteiger charge is 2.27. The van der Waals surface area contributed by atoms with Crippen LogP contribution in [0.15, 0.2) is 59.1 Å². The Bertz CT molecular complexity index is 1160. The summed E-state index contributed by atoms with van der Waals surface area (Å²) in [7, 11) is 2.23. The lowest BCUT2D eigenvalue weighted by Crippen LogP contribution is -2.35. The van der Waals surface area contributed by atoms with Gasteiger partial charge in [-0.3, -0.25) is 4.90 Å². The molecule has 1 aromatic carbocycles. The third-order valence-corrected chi connectivity index (χ3v) is 7.32. The minimum Gasteiger partial charge on any atom is -0.478 e. The second kappa shape index (κ2) is 16.7. The van der Waals surface area contributed by atoms with Crippen molar-refractivity contribution < 1.29 is 44.3 Å². The van der Waals surface area contributed by atoms with Crippen molar-refractivity contribution >= 4 is 51.1 Å². The lowest BCUT2D eigenvalue weighted by Gasteiger charge is -2.30. The molecule has 2 aliphatic rings. The van der Waals surface area contributed by atoms with Gasteiger partial charge in [0.05, 0.1) is 13.2 Å². The van der Waals surface area contributed by atoms with E-state index in [1.54, 1.807) is 10.4 Å². The molecule has 1 atom stereocenters. The maximum atomic E-state index is 9.55. The quantitative estimate of drug-likeness (QED) is 0.329. The monoisotopic (exact) mass is 638 g/mol. The van der Waals surface area contributed by atoms with Gasteiger partial charge in [-0.25, -0.2) is 19.2 Å². The molecule has 0 bridgehead atoms. The fourth-order valence-electron chi connectivity index (χ4n) is 3.96. The van der Waals surface area contributed by atoms with Crippen LogP contribution in [0.3, 0.4) is 0 Å². The molecule has 0 amide bonds. The molecule has 13 heteroatoms. The molecule has 0 saturated carbocycles. The Hall–Kier alpha value is -3.36. The third kappa shape index (κ3) is 12.2. The number of hydrogen-bond donors (Lipinski definition) is 4. The molecule has 216 valence electrons. The first-order valence-electron chi connectivity index (χ1n) is 12.1. The van der Waals surface area contributed by atoms with Gasteiger partial charge in [0.15, 0.2) is 0 Å². The van der Waals surface area contributed by atoms with Crippen LogP contribution in [0.1, 0.15) is 26.8 Å². The van der Waals surface area contributed by atoms with Gasteiger partial charge in [0.25, 0.3) is 0 Å². The van der Waals surface area contributed by atoms with Crippen LogP contribution in [-0.2, 0) is 37.0 Å². The van der Waals surface area contributed by atoms with Gasteiger partial charge in [-0.05, 0) is 36.4 Å². The number of hydrogen-bond acceptors (Lipinski definition) is 8. The Morgan fingerprint density at radius 3 is 1.90 bits per heavy atom. The number of aliphatic carboxylic acids is 4. The van der Waals surface area contributed by atoms with Crippen LogP contribution in [-0.4, -0.2) is 94.0 Å². The van der Waals surface area contributed by atoms with Gasteiger partial charge in [0.2, 0.25) is 0 Å².